The molecular weight excluding hydrogens is 356 g/mol. The molecule has 1 atom stereocenters. The Labute approximate surface area is 154 Å². The Balaban J connectivity index is 1.63. The minimum atomic E-state index is -1.02. The van der Waals surface area contributed by atoms with Crippen LogP contribution in [0.25, 0.3) is 0 Å². The number of benzene rings is 1. The largest absolute Gasteiger partial charge is 0.480 e. The van der Waals surface area contributed by atoms with Crippen LogP contribution in [0.5, 0.6) is 0 Å². The number of carboxylic acids is 1. The summed E-state index contributed by atoms with van der Waals surface area (Å²) in [7, 11) is 0. The van der Waals surface area contributed by atoms with Gasteiger partial charge < -0.3 is 15.3 Å². The normalized spacial score (nSPS) is 16.7. The molecule has 2 amide bonds. The molecule has 136 valence electrons. The van der Waals surface area contributed by atoms with Crippen LogP contribution in [0, 0.1) is 5.92 Å². The fraction of sp³-hybridized carbons (Fsp3) is 0.294. The van der Waals surface area contributed by atoms with Crippen molar-refractivity contribution in [3.05, 3.63) is 36.5 Å². The Morgan fingerprint density at radius 2 is 2.04 bits per heavy atom. The average Bonchev–Trinajstić information content (AvgIpc) is 3.21. The predicted octanol–water partition coefficient (Wildman–Crippen LogP) is 1.68. The molecular formula is C17H18N4O4S. The first kappa shape index (κ1) is 18.0. The highest BCUT2D eigenvalue weighted by Gasteiger charge is 2.35. The smallest absolute Gasteiger partial charge is 0.325 e. The SMILES string of the molecule is CSc1ccc(N2CC(C(=O)Nc3ccn(CC(=O)O)n3)CC2=O)cc1. The van der Waals surface area contributed by atoms with Gasteiger partial charge in [0.15, 0.2) is 5.82 Å². The molecule has 0 saturated carbocycles. The summed E-state index contributed by atoms with van der Waals surface area (Å²) in [5, 5.41) is 15.4. The number of amides is 2. The topological polar surface area (TPSA) is 105 Å². The van der Waals surface area contributed by atoms with Crippen molar-refractivity contribution >= 4 is 41.1 Å². The molecule has 1 fully saturated rings. The van der Waals surface area contributed by atoms with Crippen molar-refractivity contribution in [2.75, 3.05) is 23.0 Å². The lowest BCUT2D eigenvalue weighted by Crippen LogP contribution is -2.28. The molecule has 0 bridgehead atoms. The number of aromatic nitrogens is 2. The van der Waals surface area contributed by atoms with Crippen molar-refractivity contribution in [2.24, 2.45) is 5.92 Å². The molecule has 1 aliphatic rings. The monoisotopic (exact) mass is 374 g/mol. The van der Waals surface area contributed by atoms with Gasteiger partial charge in [0.05, 0.1) is 5.92 Å². The Bertz CT molecular complexity index is 834. The average molecular weight is 374 g/mol. The predicted molar refractivity (Wildman–Crippen MR) is 97.2 cm³/mol. The van der Waals surface area contributed by atoms with E-state index in [0.717, 1.165) is 10.6 Å². The maximum Gasteiger partial charge on any atom is 0.325 e. The quantitative estimate of drug-likeness (QED) is 0.746. The van der Waals surface area contributed by atoms with Gasteiger partial charge in [-0.1, -0.05) is 0 Å². The van der Waals surface area contributed by atoms with E-state index >= 15 is 0 Å². The molecule has 26 heavy (non-hydrogen) atoms. The summed E-state index contributed by atoms with van der Waals surface area (Å²) in [6, 6.07) is 9.15. The van der Waals surface area contributed by atoms with Crippen LogP contribution in [0.2, 0.25) is 0 Å². The van der Waals surface area contributed by atoms with E-state index in [2.05, 4.69) is 10.4 Å². The van der Waals surface area contributed by atoms with E-state index in [1.165, 1.54) is 16.9 Å². The van der Waals surface area contributed by atoms with Gasteiger partial charge in [-0.05, 0) is 30.5 Å². The molecule has 2 aromatic rings. The second-order valence-corrected chi connectivity index (χ2v) is 6.76. The summed E-state index contributed by atoms with van der Waals surface area (Å²) in [5.74, 6) is -1.63. The number of carbonyl (C=O) groups excluding carboxylic acids is 2. The zero-order valence-corrected chi connectivity index (χ0v) is 14.9. The van der Waals surface area contributed by atoms with Crippen molar-refractivity contribution in [3.8, 4) is 0 Å². The molecule has 1 aliphatic heterocycles. The van der Waals surface area contributed by atoms with E-state index in [4.69, 9.17) is 5.11 Å². The Morgan fingerprint density at radius 1 is 1.31 bits per heavy atom. The maximum absolute atomic E-state index is 12.4. The van der Waals surface area contributed by atoms with Gasteiger partial charge in [0.2, 0.25) is 11.8 Å². The number of rotatable bonds is 6. The van der Waals surface area contributed by atoms with E-state index in [0.29, 0.717) is 6.54 Å². The van der Waals surface area contributed by atoms with Crippen LogP contribution >= 0.6 is 11.8 Å². The molecule has 9 heteroatoms. The van der Waals surface area contributed by atoms with Crippen molar-refractivity contribution in [1.82, 2.24) is 9.78 Å². The molecule has 1 aromatic carbocycles. The Morgan fingerprint density at radius 3 is 2.69 bits per heavy atom. The van der Waals surface area contributed by atoms with Gasteiger partial charge in [-0.2, -0.15) is 5.10 Å². The van der Waals surface area contributed by atoms with Crippen LogP contribution in [0.1, 0.15) is 6.42 Å². The van der Waals surface area contributed by atoms with Gasteiger partial charge in [0.1, 0.15) is 6.54 Å². The standard InChI is InChI=1S/C17H18N4O4S/c1-26-13-4-2-12(3-5-13)21-9-11(8-15(21)22)17(25)18-14-6-7-20(19-14)10-16(23)24/h2-7,11H,8-10H2,1H3,(H,23,24)(H,18,19,25). The Hall–Kier alpha value is -2.81. The first-order valence-corrected chi connectivity index (χ1v) is 9.19. The van der Waals surface area contributed by atoms with E-state index < -0.39 is 11.9 Å². The first-order valence-electron chi connectivity index (χ1n) is 7.97. The second kappa shape index (κ2) is 7.61. The second-order valence-electron chi connectivity index (χ2n) is 5.88. The number of aliphatic carboxylic acids is 1. The summed E-state index contributed by atoms with van der Waals surface area (Å²) in [4.78, 5) is 38.1. The number of hydrogen-bond acceptors (Lipinski definition) is 5. The lowest BCUT2D eigenvalue weighted by atomic mass is 10.1. The summed E-state index contributed by atoms with van der Waals surface area (Å²) in [6.07, 6.45) is 3.59. The highest BCUT2D eigenvalue weighted by molar-refractivity contribution is 7.98. The van der Waals surface area contributed by atoms with Crippen LogP contribution in [0.4, 0.5) is 11.5 Å². The summed E-state index contributed by atoms with van der Waals surface area (Å²) >= 11 is 1.62. The lowest BCUT2D eigenvalue weighted by Gasteiger charge is -2.16. The molecule has 1 aromatic heterocycles. The fourth-order valence-corrected chi connectivity index (χ4v) is 3.19. The number of nitrogens with one attached hydrogen (secondary N) is 1. The fourth-order valence-electron chi connectivity index (χ4n) is 2.78. The van der Waals surface area contributed by atoms with Gasteiger partial charge in [0.25, 0.3) is 0 Å². The summed E-state index contributed by atoms with van der Waals surface area (Å²) in [6.45, 7) is 0.0245. The number of hydrogen-bond donors (Lipinski definition) is 2. The Kier molecular flexibility index (Phi) is 5.27. The highest BCUT2D eigenvalue weighted by Crippen LogP contribution is 2.27. The number of thioether (sulfide) groups is 1. The summed E-state index contributed by atoms with van der Waals surface area (Å²) in [5.41, 5.74) is 0.772. The van der Waals surface area contributed by atoms with Gasteiger partial charge in [-0.15, -0.1) is 11.8 Å². The lowest BCUT2D eigenvalue weighted by molar-refractivity contribution is -0.137. The van der Waals surface area contributed by atoms with Gasteiger partial charge >= 0.3 is 5.97 Å². The van der Waals surface area contributed by atoms with Crippen LogP contribution in [-0.4, -0.2) is 45.5 Å². The van der Waals surface area contributed by atoms with Crippen molar-refractivity contribution in [2.45, 2.75) is 17.9 Å². The van der Waals surface area contributed by atoms with Crippen molar-refractivity contribution in [3.63, 3.8) is 0 Å². The maximum atomic E-state index is 12.4. The van der Waals surface area contributed by atoms with Crippen LogP contribution < -0.4 is 10.2 Å². The zero-order valence-electron chi connectivity index (χ0n) is 14.1. The molecule has 0 spiro atoms. The third kappa shape index (κ3) is 4.05. The molecule has 1 saturated heterocycles. The minimum absolute atomic E-state index is 0.0986. The number of carboxylic acid groups (broad SMARTS) is 1. The van der Waals surface area contributed by atoms with Crippen LogP contribution in [0.3, 0.4) is 0 Å². The van der Waals surface area contributed by atoms with Crippen LogP contribution in [-0.2, 0) is 20.9 Å². The molecule has 0 aliphatic carbocycles. The molecule has 2 N–H and O–H groups in total. The molecule has 0 radical (unpaired) electrons. The van der Waals surface area contributed by atoms with E-state index in [9.17, 15) is 14.4 Å². The highest BCUT2D eigenvalue weighted by atomic mass is 32.2. The molecule has 3 rings (SSSR count). The van der Waals surface area contributed by atoms with Gasteiger partial charge in [-0.3, -0.25) is 19.1 Å². The third-order valence-electron chi connectivity index (χ3n) is 4.07. The molecule has 8 nitrogen and oxygen atoms in total. The minimum Gasteiger partial charge on any atom is -0.480 e. The molecule has 2 heterocycles. The summed E-state index contributed by atoms with van der Waals surface area (Å²) < 4.78 is 1.22. The van der Waals surface area contributed by atoms with E-state index in [1.807, 2.05) is 30.5 Å². The number of nitrogens with zero attached hydrogens (tertiary/aromatic N) is 3. The zero-order chi connectivity index (χ0) is 18.7. The van der Waals surface area contributed by atoms with E-state index in [1.54, 1.807) is 16.7 Å². The van der Waals surface area contributed by atoms with E-state index in [-0.39, 0.29) is 30.6 Å². The molecule has 1 unspecified atom stereocenters. The van der Waals surface area contributed by atoms with Crippen molar-refractivity contribution < 1.29 is 19.5 Å². The van der Waals surface area contributed by atoms with Crippen molar-refractivity contribution in [1.29, 1.82) is 0 Å². The third-order valence-corrected chi connectivity index (χ3v) is 4.81. The van der Waals surface area contributed by atoms with Crippen LogP contribution in [0.15, 0.2) is 41.4 Å². The first-order chi connectivity index (χ1) is 12.5. The van der Waals surface area contributed by atoms with Gasteiger partial charge in [-0.25, -0.2) is 0 Å². The number of anilines is 2. The van der Waals surface area contributed by atoms with Gasteiger partial charge in [0, 0.05) is 35.8 Å². The number of carbonyl (C=O) groups is 3.